The smallest absolute Gasteiger partial charge is 0.193 e. The van der Waals surface area contributed by atoms with Gasteiger partial charge in [-0.2, -0.15) is 0 Å². The molecule has 4 atom stereocenters. The number of hydrogen-bond acceptors (Lipinski definition) is 2. The van der Waals surface area contributed by atoms with Crippen molar-refractivity contribution in [3.8, 4) is 0 Å². The summed E-state index contributed by atoms with van der Waals surface area (Å²) in [6.45, 7) is 7.99. The van der Waals surface area contributed by atoms with Gasteiger partial charge < -0.3 is 15.0 Å². The molecule has 2 heterocycles. The minimum atomic E-state index is 0. The summed E-state index contributed by atoms with van der Waals surface area (Å²) in [7, 11) is 1.94. The van der Waals surface area contributed by atoms with E-state index in [0.717, 1.165) is 31.6 Å². The van der Waals surface area contributed by atoms with Crippen molar-refractivity contribution in [2.45, 2.75) is 64.5 Å². The van der Waals surface area contributed by atoms with Crippen molar-refractivity contribution in [1.82, 2.24) is 10.2 Å². The quantitative estimate of drug-likeness (QED) is 0.413. The molecule has 0 aromatic carbocycles. The van der Waals surface area contributed by atoms with Gasteiger partial charge >= 0.3 is 0 Å². The van der Waals surface area contributed by atoms with Gasteiger partial charge in [0.15, 0.2) is 5.96 Å². The van der Waals surface area contributed by atoms with Crippen LogP contribution in [0.3, 0.4) is 0 Å². The monoisotopic (exact) mass is 433 g/mol. The van der Waals surface area contributed by atoms with Gasteiger partial charge in [0, 0.05) is 44.1 Å². The van der Waals surface area contributed by atoms with Crippen LogP contribution < -0.4 is 5.32 Å². The summed E-state index contributed by atoms with van der Waals surface area (Å²) >= 11 is 0. The summed E-state index contributed by atoms with van der Waals surface area (Å²) in [5.74, 6) is 1.86. The highest BCUT2D eigenvalue weighted by atomic mass is 127. The molecule has 0 amide bonds. The van der Waals surface area contributed by atoms with E-state index in [1.165, 1.54) is 38.5 Å². The zero-order valence-electron chi connectivity index (χ0n) is 14.8. The van der Waals surface area contributed by atoms with E-state index in [1.54, 1.807) is 0 Å². The standard InChI is InChI=1S/C18H31N3O.HI/c1-4-17(2)9-10-21(12-17)16(19-3)20-14-13-6-11-22-15(13)18(14)7-5-8-18;/h13-15H,4-12H2,1-3H3,(H,19,20);1H. The van der Waals surface area contributed by atoms with Crippen molar-refractivity contribution in [2.75, 3.05) is 26.7 Å². The molecule has 2 aliphatic carbocycles. The minimum Gasteiger partial charge on any atom is -0.377 e. The Labute approximate surface area is 157 Å². The number of nitrogens with zero attached hydrogens (tertiary/aromatic N) is 2. The van der Waals surface area contributed by atoms with Gasteiger partial charge in [-0.15, -0.1) is 24.0 Å². The Kier molecular flexibility index (Phi) is 4.91. The molecule has 0 aromatic rings. The molecule has 1 spiro atoms. The van der Waals surface area contributed by atoms with Crippen molar-refractivity contribution < 1.29 is 4.74 Å². The van der Waals surface area contributed by atoms with E-state index in [-0.39, 0.29) is 24.0 Å². The number of halogens is 1. The molecule has 0 bridgehead atoms. The Morgan fingerprint density at radius 2 is 2.13 bits per heavy atom. The summed E-state index contributed by atoms with van der Waals surface area (Å²) in [5.41, 5.74) is 0.898. The molecule has 2 saturated heterocycles. The third kappa shape index (κ3) is 2.60. The molecule has 4 rings (SSSR count). The third-order valence-electron chi connectivity index (χ3n) is 7.24. The van der Waals surface area contributed by atoms with E-state index in [0.29, 0.717) is 23.0 Å². The van der Waals surface area contributed by atoms with Gasteiger partial charge in [-0.25, -0.2) is 0 Å². The summed E-state index contributed by atoms with van der Waals surface area (Å²) in [6.07, 6.45) is 8.37. The average Bonchev–Trinajstić information content (AvgIpc) is 3.05. The topological polar surface area (TPSA) is 36.9 Å². The normalized spacial score (nSPS) is 41.1. The molecule has 4 nitrogen and oxygen atoms in total. The molecular weight excluding hydrogens is 401 g/mol. The first-order valence-electron chi connectivity index (χ1n) is 9.22. The van der Waals surface area contributed by atoms with Gasteiger partial charge in [0.25, 0.3) is 0 Å². The second-order valence-electron chi connectivity index (χ2n) is 8.34. The molecule has 2 saturated carbocycles. The first kappa shape index (κ1) is 17.8. The van der Waals surface area contributed by atoms with E-state index in [2.05, 4.69) is 29.1 Å². The van der Waals surface area contributed by atoms with Crippen LogP contribution in [0, 0.1) is 16.7 Å². The lowest BCUT2D eigenvalue weighted by molar-refractivity contribution is -0.171. The largest absolute Gasteiger partial charge is 0.377 e. The van der Waals surface area contributed by atoms with Gasteiger partial charge in [-0.3, -0.25) is 4.99 Å². The maximum absolute atomic E-state index is 6.04. The zero-order valence-corrected chi connectivity index (χ0v) is 17.1. The number of likely N-dealkylation sites (tertiary alicyclic amines) is 1. The lowest BCUT2D eigenvalue weighted by Gasteiger charge is -2.63. The highest BCUT2D eigenvalue weighted by Gasteiger charge is 2.67. The Hall–Kier alpha value is -0.0400. The van der Waals surface area contributed by atoms with Crippen molar-refractivity contribution in [3.63, 3.8) is 0 Å². The number of nitrogens with one attached hydrogen (secondary N) is 1. The molecule has 0 radical (unpaired) electrons. The van der Waals surface area contributed by atoms with Crippen molar-refractivity contribution in [2.24, 2.45) is 21.7 Å². The summed E-state index contributed by atoms with van der Waals surface area (Å²) < 4.78 is 6.04. The second kappa shape index (κ2) is 6.36. The molecule has 23 heavy (non-hydrogen) atoms. The summed E-state index contributed by atoms with van der Waals surface area (Å²) in [5, 5.41) is 3.87. The van der Waals surface area contributed by atoms with Gasteiger partial charge in [0.1, 0.15) is 0 Å². The Bertz CT molecular complexity index is 479. The van der Waals surface area contributed by atoms with Crippen molar-refractivity contribution in [3.05, 3.63) is 0 Å². The fraction of sp³-hybridized carbons (Fsp3) is 0.944. The van der Waals surface area contributed by atoms with Crippen LogP contribution in [-0.4, -0.2) is 49.7 Å². The molecule has 1 N–H and O–H groups in total. The lowest BCUT2D eigenvalue weighted by Crippen LogP contribution is -2.72. The highest BCUT2D eigenvalue weighted by molar-refractivity contribution is 14.0. The predicted molar refractivity (Wildman–Crippen MR) is 104 cm³/mol. The van der Waals surface area contributed by atoms with E-state index in [9.17, 15) is 0 Å². The van der Waals surface area contributed by atoms with Gasteiger partial charge in [0.2, 0.25) is 0 Å². The molecule has 4 unspecified atom stereocenters. The molecule has 4 aliphatic rings. The minimum absolute atomic E-state index is 0. The Balaban J connectivity index is 0.00000156. The van der Waals surface area contributed by atoms with Gasteiger partial charge in [0.05, 0.1) is 6.10 Å². The fourth-order valence-corrected chi connectivity index (χ4v) is 5.39. The number of ether oxygens (including phenoxy) is 1. The van der Waals surface area contributed by atoms with Crippen LogP contribution >= 0.6 is 24.0 Å². The Morgan fingerprint density at radius 1 is 1.35 bits per heavy atom. The lowest BCUT2D eigenvalue weighted by atomic mass is 9.46. The first-order chi connectivity index (χ1) is 10.6. The van der Waals surface area contributed by atoms with E-state index >= 15 is 0 Å². The predicted octanol–water partition coefficient (Wildman–Crippen LogP) is 3.26. The van der Waals surface area contributed by atoms with Crippen LogP contribution in [0.15, 0.2) is 4.99 Å². The highest BCUT2D eigenvalue weighted by Crippen LogP contribution is 2.62. The van der Waals surface area contributed by atoms with Crippen LogP contribution in [-0.2, 0) is 4.74 Å². The van der Waals surface area contributed by atoms with Crippen molar-refractivity contribution in [1.29, 1.82) is 0 Å². The van der Waals surface area contributed by atoms with Crippen LogP contribution in [0.4, 0.5) is 0 Å². The SMILES string of the molecule is CCC1(C)CCN(C(=NC)NC2C3CCOC3C23CCC3)C1.I. The molecule has 0 aromatic heterocycles. The first-order valence-corrected chi connectivity index (χ1v) is 9.22. The number of aliphatic imine (C=N–C) groups is 1. The average molecular weight is 433 g/mol. The van der Waals surface area contributed by atoms with E-state index < -0.39 is 0 Å². The van der Waals surface area contributed by atoms with Crippen LogP contribution in [0.1, 0.15) is 52.4 Å². The number of rotatable bonds is 2. The number of guanidine groups is 1. The maximum Gasteiger partial charge on any atom is 0.193 e. The van der Waals surface area contributed by atoms with Crippen LogP contribution in [0.25, 0.3) is 0 Å². The molecule has 132 valence electrons. The van der Waals surface area contributed by atoms with Crippen molar-refractivity contribution >= 4 is 29.9 Å². The molecule has 5 heteroatoms. The van der Waals surface area contributed by atoms with Crippen LogP contribution in [0.2, 0.25) is 0 Å². The fourth-order valence-electron chi connectivity index (χ4n) is 5.39. The second-order valence-corrected chi connectivity index (χ2v) is 8.34. The van der Waals surface area contributed by atoms with Gasteiger partial charge in [-0.1, -0.05) is 20.3 Å². The molecule has 4 fully saturated rings. The van der Waals surface area contributed by atoms with Crippen LogP contribution in [0.5, 0.6) is 0 Å². The molecule has 2 aliphatic heterocycles. The number of fused-ring (bicyclic) bond motifs is 2. The maximum atomic E-state index is 6.04. The molecular formula is C18H32IN3O. The third-order valence-corrected chi connectivity index (χ3v) is 7.24. The summed E-state index contributed by atoms with van der Waals surface area (Å²) in [6, 6.07) is 0.598. The van der Waals surface area contributed by atoms with Gasteiger partial charge in [-0.05, 0) is 37.5 Å². The number of hydrogen-bond donors (Lipinski definition) is 1. The zero-order chi connectivity index (χ0) is 15.4. The van der Waals surface area contributed by atoms with E-state index in [1.807, 2.05) is 7.05 Å². The summed E-state index contributed by atoms with van der Waals surface area (Å²) in [4.78, 5) is 7.11. The Morgan fingerprint density at radius 3 is 2.70 bits per heavy atom. The van der Waals surface area contributed by atoms with E-state index in [4.69, 9.17) is 4.74 Å².